The van der Waals surface area contributed by atoms with Crippen LogP contribution in [0.4, 0.5) is 0 Å². The quantitative estimate of drug-likeness (QED) is 0.0262. The summed E-state index contributed by atoms with van der Waals surface area (Å²) in [5.41, 5.74) is 0. The molecule has 0 fully saturated rings. The average Bonchev–Trinajstić information content (AvgIpc) is 3.33. The van der Waals surface area contributed by atoms with Gasteiger partial charge in [-0.3, -0.25) is 14.4 Å². The number of rotatable bonds is 50. The Balaban J connectivity index is 4.50. The third kappa shape index (κ3) is 53.4. The van der Waals surface area contributed by atoms with Gasteiger partial charge in [-0.15, -0.1) is 0 Å². The molecule has 67 heavy (non-hydrogen) atoms. The number of carbonyl (C=O) groups is 3. The monoisotopic (exact) mass is 933 g/mol. The zero-order valence-corrected chi connectivity index (χ0v) is 43.9. The second kappa shape index (κ2) is 55.2. The Labute approximate surface area is 414 Å². The molecule has 0 amide bonds. The van der Waals surface area contributed by atoms with E-state index < -0.39 is 6.10 Å². The van der Waals surface area contributed by atoms with Gasteiger partial charge in [0.1, 0.15) is 13.2 Å². The van der Waals surface area contributed by atoms with E-state index in [1.165, 1.54) is 135 Å². The fourth-order valence-electron chi connectivity index (χ4n) is 7.58. The van der Waals surface area contributed by atoms with Crippen LogP contribution >= 0.6 is 0 Å². The van der Waals surface area contributed by atoms with Crippen LogP contribution in [0.2, 0.25) is 0 Å². The molecule has 0 aliphatic rings. The lowest BCUT2D eigenvalue weighted by Gasteiger charge is -2.18. The molecule has 0 aliphatic carbocycles. The fraction of sp³-hybridized carbons (Fsp3) is 0.721. The molecule has 6 heteroatoms. The highest BCUT2D eigenvalue weighted by Gasteiger charge is 2.19. The molecule has 0 heterocycles. The molecule has 0 radical (unpaired) electrons. The van der Waals surface area contributed by atoms with Crippen LogP contribution in [-0.4, -0.2) is 37.2 Å². The van der Waals surface area contributed by atoms with Crippen LogP contribution in [0, 0.1) is 0 Å². The molecule has 0 N–H and O–H groups in total. The molecule has 0 bridgehead atoms. The SMILES string of the molecule is CCCCC/C=C\C/C=C\C/C=C\C/C=C\CCCC(=O)OC[C@H](COC(=O)CCCCCCC/C=C\CCCCCCCC)OC(=O)CCCCCCCCC/C=C\C/C=C\CCCCC. The highest BCUT2D eigenvalue weighted by Crippen LogP contribution is 2.14. The van der Waals surface area contributed by atoms with Gasteiger partial charge in [-0.2, -0.15) is 0 Å². The van der Waals surface area contributed by atoms with Gasteiger partial charge < -0.3 is 14.2 Å². The van der Waals surface area contributed by atoms with Crippen molar-refractivity contribution in [2.75, 3.05) is 13.2 Å². The molecule has 0 aromatic rings. The largest absolute Gasteiger partial charge is 0.462 e. The molecular formula is C61H104O6. The Kier molecular flexibility index (Phi) is 52.4. The molecule has 0 saturated heterocycles. The molecule has 0 aliphatic heterocycles. The first-order chi connectivity index (χ1) is 33.0. The molecule has 6 nitrogen and oxygen atoms in total. The fourth-order valence-corrected chi connectivity index (χ4v) is 7.58. The van der Waals surface area contributed by atoms with Gasteiger partial charge >= 0.3 is 17.9 Å². The summed E-state index contributed by atoms with van der Waals surface area (Å²) in [4.78, 5) is 38.1. The summed E-state index contributed by atoms with van der Waals surface area (Å²) in [7, 11) is 0. The topological polar surface area (TPSA) is 78.9 Å². The number of hydrogen-bond donors (Lipinski definition) is 0. The lowest BCUT2D eigenvalue weighted by atomic mass is 10.1. The van der Waals surface area contributed by atoms with E-state index in [4.69, 9.17) is 14.2 Å². The van der Waals surface area contributed by atoms with Crippen molar-refractivity contribution < 1.29 is 28.6 Å². The van der Waals surface area contributed by atoms with Crippen LogP contribution in [0.1, 0.15) is 265 Å². The van der Waals surface area contributed by atoms with Crippen molar-refractivity contribution in [3.05, 3.63) is 85.1 Å². The molecular weight excluding hydrogens is 829 g/mol. The van der Waals surface area contributed by atoms with E-state index in [9.17, 15) is 14.4 Å². The van der Waals surface area contributed by atoms with Gasteiger partial charge in [0, 0.05) is 19.3 Å². The van der Waals surface area contributed by atoms with Gasteiger partial charge in [0.15, 0.2) is 6.10 Å². The van der Waals surface area contributed by atoms with Crippen LogP contribution in [-0.2, 0) is 28.6 Å². The molecule has 0 aromatic carbocycles. The van der Waals surface area contributed by atoms with Gasteiger partial charge in [0.25, 0.3) is 0 Å². The number of hydrogen-bond acceptors (Lipinski definition) is 6. The van der Waals surface area contributed by atoms with Crippen molar-refractivity contribution in [2.45, 2.75) is 271 Å². The summed E-state index contributed by atoms with van der Waals surface area (Å²) >= 11 is 0. The first kappa shape index (κ1) is 63.6. The highest BCUT2D eigenvalue weighted by molar-refractivity contribution is 5.71. The van der Waals surface area contributed by atoms with Gasteiger partial charge in [0.2, 0.25) is 0 Å². The van der Waals surface area contributed by atoms with Crippen LogP contribution in [0.5, 0.6) is 0 Å². The zero-order chi connectivity index (χ0) is 48.6. The molecule has 0 aromatic heterocycles. The van der Waals surface area contributed by atoms with Gasteiger partial charge in [0.05, 0.1) is 0 Å². The van der Waals surface area contributed by atoms with E-state index in [2.05, 4.69) is 106 Å². The minimum atomic E-state index is -0.807. The molecule has 0 saturated carbocycles. The van der Waals surface area contributed by atoms with E-state index in [1.807, 2.05) is 0 Å². The summed E-state index contributed by atoms with van der Waals surface area (Å²) in [6.45, 7) is 6.53. The second-order valence-corrected chi connectivity index (χ2v) is 18.5. The van der Waals surface area contributed by atoms with Crippen molar-refractivity contribution in [1.82, 2.24) is 0 Å². The van der Waals surface area contributed by atoms with Gasteiger partial charge in [-0.05, 0) is 116 Å². The van der Waals surface area contributed by atoms with Crippen LogP contribution in [0.3, 0.4) is 0 Å². The summed E-state index contributed by atoms with van der Waals surface area (Å²) in [5.74, 6) is -0.972. The van der Waals surface area contributed by atoms with E-state index in [1.54, 1.807) is 0 Å². The lowest BCUT2D eigenvalue weighted by Crippen LogP contribution is -2.30. The van der Waals surface area contributed by atoms with E-state index in [0.29, 0.717) is 19.3 Å². The maximum absolute atomic E-state index is 12.8. The molecule has 0 unspecified atom stereocenters. The summed E-state index contributed by atoms with van der Waals surface area (Å²) in [6, 6.07) is 0. The Morgan fingerprint density at radius 2 is 0.552 bits per heavy atom. The van der Waals surface area contributed by atoms with Crippen molar-refractivity contribution in [3.63, 3.8) is 0 Å². The van der Waals surface area contributed by atoms with Crippen molar-refractivity contribution >= 4 is 17.9 Å². The summed E-state index contributed by atoms with van der Waals surface area (Å²) in [5, 5.41) is 0. The number of ether oxygens (including phenoxy) is 3. The Morgan fingerprint density at radius 3 is 0.940 bits per heavy atom. The summed E-state index contributed by atoms with van der Waals surface area (Å²) in [6.07, 6.45) is 71.4. The first-order valence-corrected chi connectivity index (χ1v) is 28.1. The van der Waals surface area contributed by atoms with Crippen molar-refractivity contribution in [2.24, 2.45) is 0 Å². The standard InChI is InChI=1S/C61H104O6/c1-4-7-10-13-16-19-22-25-28-30-33-36-39-42-45-48-51-54-60(63)66-57-58(56-65-59(62)53-50-47-44-41-38-35-32-27-24-21-18-15-12-9-6-3)67-61(64)55-52-49-46-43-40-37-34-31-29-26-23-20-17-14-11-8-5-2/h16-17,19-20,25-29,32-33,36,42,45,58H,4-15,18,21-24,30-31,34-35,37-41,43-44,46-57H2,1-3H3/b19-16-,20-17-,28-25-,29-26-,32-27-,36-33-,45-42-/t58-/m0/s1. The van der Waals surface area contributed by atoms with Crippen LogP contribution < -0.4 is 0 Å². The minimum Gasteiger partial charge on any atom is -0.462 e. The number of allylic oxidation sites excluding steroid dienone is 14. The first-order valence-electron chi connectivity index (χ1n) is 28.1. The second-order valence-electron chi connectivity index (χ2n) is 18.5. The summed E-state index contributed by atoms with van der Waals surface area (Å²) < 4.78 is 16.8. The predicted octanol–water partition coefficient (Wildman–Crippen LogP) is 18.8. The molecule has 384 valence electrons. The van der Waals surface area contributed by atoms with Gasteiger partial charge in [-0.25, -0.2) is 0 Å². The number of carbonyl (C=O) groups excluding carboxylic acids is 3. The Morgan fingerprint density at radius 1 is 0.299 bits per heavy atom. The average molecular weight is 933 g/mol. The smallest absolute Gasteiger partial charge is 0.306 e. The Bertz CT molecular complexity index is 1300. The Hall–Kier alpha value is -3.41. The normalized spacial score (nSPS) is 12.7. The van der Waals surface area contributed by atoms with Gasteiger partial charge in [-0.1, -0.05) is 215 Å². The maximum Gasteiger partial charge on any atom is 0.306 e. The van der Waals surface area contributed by atoms with E-state index >= 15 is 0 Å². The van der Waals surface area contributed by atoms with E-state index in [-0.39, 0.29) is 37.5 Å². The lowest BCUT2D eigenvalue weighted by molar-refractivity contribution is -0.167. The third-order valence-corrected chi connectivity index (χ3v) is 11.8. The van der Waals surface area contributed by atoms with Crippen molar-refractivity contribution in [3.8, 4) is 0 Å². The maximum atomic E-state index is 12.8. The highest BCUT2D eigenvalue weighted by atomic mass is 16.6. The zero-order valence-electron chi connectivity index (χ0n) is 43.9. The van der Waals surface area contributed by atoms with Crippen LogP contribution in [0.25, 0.3) is 0 Å². The molecule has 0 spiro atoms. The number of esters is 3. The van der Waals surface area contributed by atoms with Crippen LogP contribution in [0.15, 0.2) is 85.1 Å². The predicted molar refractivity (Wildman–Crippen MR) is 288 cm³/mol. The third-order valence-electron chi connectivity index (χ3n) is 11.8. The minimum absolute atomic E-state index is 0.101. The molecule has 1 atom stereocenters. The van der Waals surface area contributed by atoms with E-state index in [0.717, 1.165) is 83.5 Å². The molecule has 0 rings (SSSR count). The number of unbranched alkanes of at least 4 members (excludes halogenated alkanes) is 25. The van der Waals surface area contributed by atoms with Crippen molar-refractivity contribution in [1.29, 1.82) is 0 Å².